The Bertz CT molecular complexity index is 401. The zero-order valence-electron chi connectivity index (χ0n) is 8.11. The van der Waals surface area contributed by atoms with E-state index in [9.17, 15) is 4.79 Å². The summed E-state index contributed by atoms with van der Waals surface area (Å²) in [6.45, 7) is 4.02. The van der Waals surface area contributed by atoms with E-state index >= 15 is 0 Å². The van der Waals surface area contributed by atoms with Crippen LogP contribution in [-0.2, 0) is 4.79 Å². The molecule has 1 aromatic rings. The van der Waals surface area contributed by atoms with Gasteiger partial charge in [-0.2, -0.15) is 10.2 Å². The normalized spacial score (nSPS) is 9.36. The summed E-state index contributed by atoms with van der Waals surface area (Å²) in [5.74, 6) is 4.51. The van der Waals surface area contributed by atoms with Crippen molar-refractivity contribution >= 4 is 5.91 Å². The Balaban J connectivity index is 2.96. The van der Waals surface area contributed by atoms with Gasteiger partial charge in [0, 0.05) is 11.5 Å². The summed E-state index contributed by atoms with van der Waals surface area (Å²) in [6, 6.07) is 1.80. The second kappa shape index (κ2) is 4.38. The highest BCUT2D eigenvalue weighted by molar-refractivity contribution is 5.92. The van der Waals surface area contributed by atoms with Crippen molar-refractivity contribution < 1.29 is 4.79 Å². The molecular weight excluding hydrogens is 178 g/mol. The molecule has 0 saturated heterocycles. The molecule has 0 spiro atoms. The van der Waals surface area contributed by atoms with E-state index < -0.39 is 5.91 Å². The Labute approximate surface area is 82.5 Å². The van der Waals surface area contributed by atoms with Crippen LogP contribution in [0, 0.1) is 11.8 Å². The zero-order valence-corrected chi connectivity index (χ0v) is 8.11. The fourth-order valence-corrected chi connectivity index (χ4v) is 0.867. The Morgan fingerprint density at radius 2 is 2.29 bits per heavy atom. The van der Waals surface area contributed by atoms with Crippen LogP contribution < -0.4 is 5.73 Å². The summed E-state index contributed by atoms with van der Waals surface area (Å²) in [5, 5.41) is 7.71. The molecule has 0 unspecified atom stereocenters. The molecule has 0 atom stereocenters. The fourth-order valence-electron chi connectivity index (χ4n) is 0.867. The number of rotatable bonds is 1. The molecule has 14 heavy (non-hydrogen) atoms. The molecular formula is C10H11N3O. The summed E-state index contributed by atoms with van der Waals surface area (Å²) in [4.78, 5) is 10.4. The van der Waals surface area contributed by atoms with Gasteiger partial charge in [-0.15, -0.1) is 0 Å². The summed E-state index contributed by atoms with van der Waals surface area (Å²) >= 11 is 0. The van der Waals surface area contributed by atoms with Crippen LogP contribution in [0.5, 0.6) is 0 Å². The summed E-state index contributed by atoms with van der Waals surface area (Å²) in [6.07, 6.45) is 1.50. The molecule has 0 aliphatic heterocycles. The first-order valence-corrected chi connectivity index (χ1v) is 4.23. The molecule has 0 aliphatic carbocycles. The number of aromatic nitrogens is 2. The van der Waals surface area contributed by atoms with Gasteiger partial charge in [-0.3, -0.25) is 4.79 Å². The van der Waals surface area contributed by atoms with Crippen molar-refractivity contribution in [2.24, 2.45) is 5.73 Å². The van der Waals surface area contributed by atoms with Crippen LogP contribution in [0.3, 0.4) is 0 Å². The molecule has 0 radical (unpaired) electrons. The highest BCUT2D eigenvalue weighted by Crippen LogP contribution is 2.10. The van der Waals surface area contributed by atoms with Gasteiger partial charge in [-0.1, -0.05) is 19.8 Å². The number of nitrogens with zero attached hydrogens (tertiary/aromatic N) is 2. The molecule has 0 aromatic carbocycles. The van der Waals surface area contributed by atoms with Crippen LogP contribution in [0.2, 0.25) is 0 Å². The van der Waals surface area contributed by atoms with E-state index in [-0.39, 0.29) is 5.92 Å². The second-order valence-corrected chi connectivity index (χ2v) is 3.14. The second-order valence-electron chi connectivity index (χ2n) is 3.14. The highest BCUT2D eigenvalue weighted by atomic mass is 16.1. The number of primary amides is 1. The number of hydrogen-bond donors (Lipinski definition) is 1. The quantitative estimate of drug-likeness (QED) is 0.651. The zero-order chi connectivity index (χ0) is 10.6. The third kappa shape index (κ3) is 2.87. The number of hydrogen-bond acceptors (Lipinski definition) is 3. The third-order valence-electron chi connectivity index (χ3n) is 1.59. The minimum atomic E-state index is -0.645. The number of carbonyl (C=O) groups excluding carboxylic acids is 1. The van der Waals surface area contributed by atoms with Gasteiger partial charge < -0.3 is 5.73 Å². The van der Waals surface area contributed by atoms with E-state index in [1.54, 1.807) is 6.07 Å². The van der Waals surface area contributed by atoms with E-state index in [1.165, 1.54) is 6.20 Å². The Morgan fingerprint density at radius 1 is 1.57 bits per heavy atom. The van der Waals surface area contributed by atoms with Gasteiger partial charge in [0.25, 0.3) is 5.91 Å². The number of nitrogens with two attached hydrogens (primary N) is 1. The predicted molar refractivity (Wildman–Crippen MR) is 52.2 cm³/mol. The largest absolute Gasteiger partial charge is 0.359 e. The van der Waals surface area contributed by atoms with Crippen LogP contribution >= 0.6 is 0 Å². The maximum atomic E-state index is 10.4. The lowest BCUT2D eigenvalue weighted by molar-refractivity contribution is -0.112. The minimum Gasteiger partial charge on any atom is -0.359 e. The van der Waals surface area contributed by atoms with E-state index in [0.717, 1.165) is 5.69 Å². The molecule has 1 amide bonds. The first-order valence-electron chi connectivity index (χ1n) is 4.23. The Kier molecular flexibility index (Phi) is 3.19. The van der Waals surface area contributed by atoms with E-state index in [0.29, 0.717) is 5.56 Å². The molecule has 1 heterocycles. The van der Waals surface area contributed by atoms with Gasteiger partial charge >= 0.3 is 0 Å². The van der Waals surface area contributed by atoms with Crippen molar-refractivity contribution in [2.45, 2.75) is 19.8 Å². The van der Waals surface area contributed by atoms with Crippen LogP contribution in [0.4, 0.5) is 0 Å². The van der Waals surface area contributed by atoms with Crippen LogP contribution in [0.1, 0.15) is 31.0 Å². The number of amides is 1. The van der Waals surface area contributed by atoms with E-state index in [2.05, 4.69) is 22.0 Å². The van der Waals surface area contributed by atoms with Crippen molar-refractivity contribution in [3.05, 3.63) is 23.5 Å². The third-order valence-corrected chi connectivity index (χ3v) is 1.59. The van der Waals surface area contributed by atoms with Crippen LogP contribution in [-0.4, -0.2) is 16.1 Å². The lowest BCUT2D eigenvalue weighted by Gasteiger charge is -2.01. The van der Waals surface area contributed by atoms with Gasteiger partial charge in [0.1, 0.15) is 0 Å². The molecule has 4 heteroatoms. The maximum Gasteiger partial charge on any atom is 0.293 e. The highest BCUT2D eigenvalue weighted by Gasteiger charge is 2.01. The van der Waals surface area contributed by atoms with Crippen LogP contribution in [0.15, 0.2) is 12.3 Å². The Hall–Kier alpha value is -1.89. The fraction of sp³-hybridized carbons (Fsp3) is 0.300. The van der Waals surface area contributed by atoms with Gasteiger partial charge in [-0.25, -0.2) is 0 Å². The van der Waals surface area contributed by atoms with Gasteiger partial charge in [-0.05, 0) is 12.0 Å². The first-order chi connectivity index (χ1) is 6.59. The average Bonchev–Trinajstić information content (AvgIpc) is 2.15. The predicted octanol–water partition coefficient (Wildman–Crippen LogP) is 0.437. The minimum absolute atomic E-state index is 0.290. The molecule has 72 valence electrons. The van der Waals surface area contributed by atoms with Crippen molar-refractivity contribution in [2.75, 3.05) is 0 Å². The maximum absolute atomic E-state index is 10.4. The Morgan fingerprint density at radius 3 is 2.86 bits per heavy atom. The van der Waals surface area contributed by atoms with Crippen LogP contribution in [0.25, 0.3) is 0 Å². The summed E-state index contributed by atoms with van der Waals surface area (Å²) in [7, 11) is 0. The summed E-state index contributed by atoms with van der Waals surface area (Å²) in [5.41, 5.74) is 6.39. The molecule has 1 aromatic heterocycles. The molecule has 1 rings (SSSR count). The smallest absolute Gasteiger partial charge is 0.293 e. The lowest BCUT2D eigenvalue weighted by Crippen LogP contribution is -2.06. The van der Waals surface area contributed by atoms with E-state index in [4.69, 9.17) is 5.73 Å². The molecule has 2 N–H and O–H groups in total. The molecule has 0 bridgehead atoms. The SMILES string of the molecule is CC(C)c1cc(C#CC(N)=O)cnn1. The molecule has 0 aliphatic rings. The van der Waals surface area contributed by atoms with E-state index in [1.807, 2.05) is 13.8 Å². The monoisotopic (exact) mass is 189 g/mol. The molecule has 0 fully saturated rings. The van der Waals surface area contributed by atoms with Gasteiger partial charge in [0.15, 0.2) is 0 Å². The summed E-state index contributed by atoms with van der Waals surface area (Å²) < 4.78 is 0. The van der Waals surface area contributed by atoms with Crippen molar-refractivity contribution in [3.8, 4) is 11.8 Å². The standard InChI is InChI=1S/C10H11N3O/c1-7(2)9-5-8(6-12-13-9)3-4-10(11)14/h5-7H,1-2H3,(H2,11,14). The van der Waals surface area contributed by atoms with Gasteiger partial charge in [0.2, 0.25) is 0 Å². The topological polar surface area (TPSA) is 68.9 Å². The average molecular weight is 189 g/mol. The lowest BCUT2D eigenvalue weighted by atomic mass is 10.1. The van der Waals surface area contributed by atoms with Gasteiger partial charge in [0.05, 0.1) is 11.9 Å². The molecule has 0 saturated carbocycles. The number of carbonyl (C=O) groups is 1. The van der Waals surface area contributed by atoms with Crippen molar-refractivity contribution in [3.63, 3.8) is 0 Å². The molecule has 4 nitrogen and oxygen atoms in total. The first kappa shape index (κ1) is 10.2. The van der Waals surface area contributed by atoms with Crippen molar-refractivity contribution in [1.82, 2.24) is 10.2 Å². The van der Waals surface area contributed by atoms with Crippen molar-refractivity contribution in [1.29, 1.82) is 0 Å².